The van der Waals surface area contributed by atoms with Crippen molar-refractivity contribution in [1.82, 2.24) is 4.90 Å². The molecule has 2 aromatic rings. The first-order valence-corrected chi connectivity index (χ1v) is 7.79. The Bertz CT molecular complexity index is 553. The van der Waals surface area contributed by atoms with Crippen LogP contribution < -0.4 is 5.73 Å². The smallest absolute Gasteiger partial charge is 0.0250 e. The van der Waals surface area contributed by atoms with Crippen LogP contribution in [0.3, 0.4) is 0 Å². The van der Waals surface area contributed by atoms with Crippen molar-refractivity contribution < 1.29 is 0 Å². The molecule has 0 aromatic heterocycles. The number of nitrogens with two attached hydrogens (primary N) is 1. The van der Waals surface area contributed by atoms with Gasteiger partial charge < -0.3 is 5.73 Å². The third-order valence-electron chi connectivity index (χ3n) is 3.99. The second-order valence-corrected chi connectivity index (χ2v) is 6.42. The lowest BCUT2D eigenvalue weighted by Crippen LogP contribution is -2.28. The lowest BCUT2D eigenvalue weighted by atomic mass is 9.95. The van der Waals surface area contributed by atoms with Gasteiger partial charge in [0.2, 0.25) is 0 Å². The fourth-order valence-corrected chi connectivity index (χ4v) is 3.21. The number of likely N-dealkylation sites (tertiary alicyclic amines) is 1. The Balaban J connectivity index is 1.69. The predicted molar refractivity (Wildman–Crippen MR) is 86.6 cm³/mol. The van der Waals surface area contributed by atoms with Gasteiger partial charge in [0, 0.05) is 36.1 Å². The van der Waals surface area contributed by atoms with Crippen molar-refractivity contribution in [2.45, 2.75) is 18.5 Å². The Morgan fingerprint density at radius 3 is 2.40 bits per heavy atom. The van der Waals surface area contributed by atoms with Gasteiger partial charge in [0.05, 0.1) is 0 Å². The van der Waals surface area contributed by atoms with Crippen molar-refractivity contribution in [3.05, 3.63) is 70.2 Å². The zero-order valence-electron chi connectivity index (χ0n) is 11.4. The topological polar surface area (TPSA) is 29.3 Å². The minimum atomic E-state index is 0.222. The van der Waals surface area contributed by atoms with E-state index in [1.807, 2.05) is 0 Å². The van der Waals surface area contributed by atoms with E-state index in [0.717, 1.165) is 24.1 Å². The largest absolute Gasteiger partial charge is 0.326 e. The molecule has 0 amide bonds. The van der Waals surface area contributed by atoms with E-state index in [0.29, 0.717) is 5.92 Å². The molecule has 1 saturated heterocycles. The molecule has 2 N–H and O–H groups in total. The van der Waals surface area contributed by atoms with Crippen LogP contribution in [0.25, 0.3) is 0 Å². The zero-order valence-corrected chi connectivity index (χ0v) is 13.0. The van der Waals surface area contributed by atoms with Crippen LogP contribution in [0.5, 0.6) is 0 Å². The maximum absolute atomic E-state index is 6.34. The van der Waals surface area contributed by atoms with Crippen molar-refractivity contribution in [2.24, 2.45) is 5.73 Å². The molecule has 20 heavy (non-hydrogen) atoms. The second kappa shape index (κ2) is 6.08. The van der Waals surface area contributed by atoms with Crippen molar-refractivity contribution in [3.63, 3.8) is 0 Å². The third kappa shape index (κ3) is 3.11. The summed E-state index contributed by atoms with van der Waals surface area (Å²) in [5.74, 6) is 0.437. The van der Waals surface area contributed by atoms with Gasteiger partial charge in [-0.3, -0.25) is 4.90 Å². The van der Waals surface area contributed by atoms with Crippen LogP contribution in [0.2, 0.25) is 0 Å². The number of hydrogen-bond donors (Lipinski definition) is 1. The molecule has 0 bridgehead atoms. The third-order valence-corrected chi connectivity index (χ3v) is 4.52. The number of nitrogens with zero attached hydrogens (tertiary/aromatic N) is 1. The first-order valence-electron chi connectivity index (χ1n) is 7.00. The molecule has 0 saturated carbocycles. The average molecular weight is 331 g/mol. The Hall–Kier alpha value is -1.16. The lowest BCUT2D eigenvalue weighted by molar-refractivity contribution is 0.324. The summed E-state index contributed by atoms with van der Waals surface area (Å²) in [5, 5.41) is 0. The molecule has 0 spiro atoms. The monoisotopic (exact) mass is 330 g/mol. The van der Waals surface area contributed by atoms with Crippen LogP contribution in [-0.2, 0) is 6.54 Å². The highest BCUT2D eigenvalue weighted by Gasteiger charge is 2.30. The minimum Gasteiger partial charge on any atom is -0.326 e. The van der Waals surface area contributed by atoms with Crippen LogP contribution in [-0.4, -0.2) is 24.0 Å². The van der Waals surface area contributed by atoms with Crippen LogP contribution in [0.15, 0.2) is 59.1 Å². The van der Waals surface area contributed by atoms with Crippen LogP contribution in [0, 0.1) is 0 Å². The highest BCUT2D eigenvalue weighted by atomic mass is 79.9. The van der Waals surface area contributed by atoms with E-state index in [-0.39, 0.29) is 6.04 Å². The summed E-state index contributed by atoms with van der Waals surface area (Å²) in [4.78, 5) is 2.45. The Morgan fingerprint density at radius 1 is 1.00 bits per heavy atom. The second-order valence-electron chi connectivity index (χ2n) is 5.50. The minimum absolute atomic E-state index is 0.222. The van der Waals surface area contributed by atoms with Gasteiger partial charge in [-0.2, -0.15) is 0 Å². The molecule has 1 aliphatic rings. The molecule has 2 nitrogen and oxygen atoms in total. The standard InChI is InChI=1S/C17H19BrN2/c18-15-8-6-14(7-9-15)16-11-20(12-17(16)19)10-13-4-2-1-3-5-13/h1-9,16-17H,10-12,19H2/t16-,17+/m1/s1. The molecule has 0 unspecified atom stereocenters. The van der Waals surface area contributed by atoms with E-state index >= 15 is 0 Å². The number of rotatable bonds is 3. The molecule has 104 valence electrons. The van der Waals surface area contributed by atoms with Gasteiger partial charge in [0.25, 0.3) is 0 Å². The molecule has 0 radical (unpaired) electrons. The van der Waals surface area contributed by atoms with Gasteiger partial charge in [-0.05, 0) is 23.3 Å². The summed E-state index contributed by atoms with van der Waals surface area (Å²) in [7, 11) is 0. The number of benzene rings is 2. The van der Waals surface area contributed by atoms with Crippen LogP contribution in [0.1, 0.15) is 17.0 Å². The number of halogens is 1. The van der Waals surface area contributed by atoms with Crippen LogP contribution >= 0.6 is 15.9 Å². The van der Waals surface area contributed by atoms with Gasteiger partial charge >= 0.3 is 0 Å². The van der Waals surface area contributed by atoms with Gasteiger partial charge in [0.15, 0.2) is 0 Å². The first kappa shape index (κ1) is 13.8. The predicted octanol–water partition coefficient (Wildman–Crippen LogP) is 3.38. The van der Waals surface area contributed by atoms with Crippen molar-refractivity contribution in [1.29, 1.82) is 0 Å². The fraction of sp³-hybridized carbons (Fsp3) is 0.294. The van der Waals surface area contributed by atoms with Gasteiger partial charge in [-0.25, -0.2) is 0 Å². The Kier molecular flexibility index (Phi) is 4.20. The molecule has 3 rings (SSSR count). The SMILES string of the molecule is N[C@H]1CN(Cc2ccccc2)C[C@@H]1c1ccc(Br)cc1. The van der Waals surface area contributed by atoms with E-state index in [2.05, 4.69) is 75.4 Å². The highest BCUT2D eigenvalue weighted by molar-refractivity contribution is 9.10. The van der Waals surface area contributed by atoms with Gasteiger partial charge in [0.1, 0.15) is 0 Å². The first-order chi connectivity index (χ1) is 9.72. The molecule has 1 aliphatic heterocycles. The quantitative estimate of drug-likeness (QED) is 0.934. The number of hydrogen-bond acceptors (Lipinski definition) is 2. The van der Waals surface area contributed by atoms with E-state index in [4.69, 9.17) is 5.73 Å². The molecular formula is C17H19BrN2. The summed E-state index contributed by atoms with van der Waals surface area (Å²) < 4.78 is 1.12. The van der Waals surface area contributed by atoms with E-state index in [1.54, 1.807) is 0 Å². The summed E-state index contributed by atoms with van der Waals surface area (Å²) in [5.41, 5.74) is 9.04. The van der Waals surface area contributed by atoms with Gasteiger partial charge in [-0.15, -0.1) is 0 Å². The summed E-state index contributed by atoms with van der Waals surface area (Å²) in [6.07, 6.45) is 0. The highest BCUT2D eigenvalue weighted by Crippen LogP contribution is 2.28. The maximum atomic E-state index is 6.34. The zero-order chi connectivity index (χ0) is 13.9. The van der Waals surface area contributed by atoms with Crippen molar-refractivity contribution in [2.75, 3.05) is 13.1 Å². The Morgan fingerprint density at radius 2 is 1.70 bits per heavy atom. The van der Waals surface area contributed by atoms with Gasteiger partial charge in [-0.1, -0.05) is 58.4 Å². The summed E-state index contributed by atoms with van der Waals surface area (Å²) in [6, 6.07) is 19.4. The summed E-state index contributed by atoms with van der Waals surface area (Å²) >= 11 is 3.48. The van der Waals surface area contributed by atoms with E-state index in [1.165, 1.54) is 11.1 Å². The average Bonchev–Trinajstić information content (AvgIpc) is 2.81. The maximum Gasteiger partial charge on any atom is 0.0250 e. The van der Waals surface area contributed by atoms with Crippen molar-refractivity contribution in [3.8, 4) is 0 Å². The molecule has 2 aromatic carbocycles. The molecule has 3 heteroatoms. The molecule has 1 heterocycles. The molecule has 0 aliphatic carbocycles. The molecular weight excluding hydrogens is 312 g/mol. The van der Waals surface area contributed by atoms with E-state index in [9.17, 15) is 0 Å². The normalized spacial score (nSPS) is 23.1. The Labute approximate surface area is 128 Å². The summed E-state index contributed by atoms with van der Waals surface area (Å²) in [6.45, 7) is 2.99. The molecule has 2 atom stereocenters. The fourth-order valence-electron chi connectivity index (χ4n) is 2.95. The lowest BCUT2D eigenvalue weighted by Gasteiger charge is -2.16. The molecule has 1 fully saturated rings. The van der Waals surface area contributed by atoms with Crippen LogP contribution in [0.4, 0.5) is 0 Å². The van der Waals surface area contributed by atoms with E-state index < -0.39 is 0 Å². The van der Waals surface area contributed by atoms with Crippen molar-refractivity contribution >= 4 is 15.9 Å².